The topological polar surface area (TPSA) is 80.9 Å². The predicted molar refractivity (Wildman–Crippen MR) is 102 cm³/mol. The molecule has 0 saturated heterocycles. The molecule has 0 radical (unpaired) electrons. The fourth-order valence-electron chi connectivity index (χ4n) is 3.36. The number of hydrogen-bond acceptors (Lipinski definition) is 5. The SMILES string of the molecule is CC[C@@]1(O)C(=O)OCc2c1cc(/C(C)=N/C(C)=C/C(C)F)n(C(C)C)c2=O. The summed E-state index contributed by atoms with van der Waals surface area (Å²) in [5.41, 5.74) is -0.206. The van der Waals surface area contributed by atoms with E-state index in [0.717, 1.165) is 0 Å². The number of cyclic esters (lactones) is 1. The molecule has 148 valence electrons. The normalized spacial score (nSPS) is 21.9. The minimum Gasteiger partial charge on any atom is -0.458 e. The van der Waals surface area contributed by atoms with Crippen molar-refractivity contribution in [2.24, 2.45) is 4.99 Å². The van der Waals surface area contributed by atoms with Crippen LogP contribution in [0.2, 0.25) is 0 Å². The number of alkyl halides is 1. The molecule has 2 atom stereocenters. The molecule has 1 aromatic rings. The molecule has 1 aliphatic heterocycles. The Kier molecular flexibility index (Phi) is 6.04. The van der Waals surface area contributed by atoms with Crippen LogP contribution in [0.15, 0.2) is 27.6 Å². The fourth-order valence-corrected chi connectivity index (χ4v) is 3.36. The van der Waals surface area contributed by atoms with Gasteiger partial charge in [0.15, 0.2) is 5.60 Å². The van der Waals surface area contributed by atoms with Gasteiger partial charge in [-0.2, -0.15) is 0 Å². The van der Waals surface area contributed by atoms with Crippen molar-refractivity contribution in [1.82, 2.24) is 4.57 Å². The van der Waals surface area contributed by atoms with Crippen LogP contribution in [0.4, 0.5) is 4.39 Å². The second-order valence-electron chi connectivity index (χ2n) is 7.16. The molecular formula is C20H27FN2O4. The number of rotatable bonds is 5. The number of fused-ring (bicyclic) bond motifs is 1. The summed E-state index contributed by atoms with van der Waals surface area (Å²) in [7, 11) is 0. The van der Waals surface area contributed by atoms with Crippen LogP contribution < -0.4 is 5.56 Å². The number of carbonyl (C=O) groups excluding carboxylic acids is 1. The number of ether oxygens (including phenoxy) is 1. The van der Waals surface area contributed by atoms with Crippen LogP contribution in [0, 0.1) is 0 Å². The third kappa shape index (κ3) is 3.88. The fraction of sp³-hybridized carbons (Fsp3) is 0.550. The highest BCUT2D eigenvalue weighted by molar-refractivity contribution is 5.98. The Bertz CT molecular complexity index is 867. The first-order chi connectivity index (χ1) is 12.5. The van der Waals surface area contributed by atoms with Gasteiger partial charge in [-0.1, -0.05) is 6.92 Å². The highest BCUT2D eigenvalue weighted by Gasteiger charge is 2.44. The molecule has 2 heterocycles. The lowest BCUT2D eigenvalue weighted by molar-refractivity contribution is -0.172. The maximum atomic E-state index is 13.2. The molecule has 1 aliphatic rings. The number of esters is 1. The first-order valence-corrected chi connectivity index (χ1v) is 9.09. The molecule has 0 aliphatic carbocycles. The van der Waals surface area contributed by atoms with E-state index in [2.05, 4.69) is 4.99 Å². The molecule has 0 saturated carbocycles. The van der Waals surface area contributed by atoms with Gasteiger partial charge in [0.25, 0.3) is 5.56 Å². The zero-order chi connectivity index (χ0) is 20.5. The molecule has 2 rings (SSSR count). The first kappa shape index (κ1) is 21.0. The Morgan fingerprint density at radius 2 is 2.04 bits per heavy atom. The van der Waals surface area contributed by atoms with Gasteiger partial charge in [-0.3, -0.25) is 9.79 Å². The number of aromatic nitrogens is 1. The van der Waals surface area contributed by atoms with Crippen molar-refractivity contribution >= 4 is 11.7 Å². The van der Waals surface area contributed by atoms with E-state index >= 15 is 0 Å². The standard InChI is InChI=1S/C20H27FN2O4/c1-7-20(26)16-9-17(14(6)22-13(5)8-12(4)21)23(11(2)3)18(24)15(16)10-27-19(20)25/h8-9,11-12,26H,7,10H2,1-6H3/b13-8+,22-14+/t12?,20-/m0/s1. The van der Waals surface area contributed by atoms with E-state index in [1.54, 1.807) is 31.4 Å². The van der Waals surface area contributed by atoms with Crippen LogP contribution in [-0.2, 0) is 21.7 Å². The van der Waals surface area contributed by atoms with E-state index in [9.17, 15) is 19.1 Å². The molecule has 0 spiro atoms. The van der Waals surface area contributed by atoms with Crippen molar-refractivity contribution in [2.45, 2.75) is 72.4 Å². The van der Waals surface area contributed by atoms with E-state index in [1.165, 1.54) is 13.0 Å². The summed E-state index contributed by atoms with van der Waals surface area (Å²) >= 11 is 0. The number of hydrogen-bond donors (Lipinski definition) is 1. The highest BCUT2D eigenvalue weighted by Crippen LogP contribution is 2.34. The second-order valence-corrected chi connectivity index (χ2v) is 7.16. The van der Waals surface area contributed by atoms with Gasteiger partial charge in [-0.25, -0.2) is 9.18 Å². The van der Waals surface area contributed by atoms with Crippen molar-refractivity contribution < 1.29 is 19.0 Å². The Morgan fingerprint density at radius 1 is 1.41 bits per heavy atom. The summed E-state index contributed by atoms with van der Waals surface area (Å²) in [6.07, 6.45) is 0.314. The molecule has 1 aromatic heterocycles. The van der Waals surface area contributed by atoms with E-state index in [1.807, 2.05) is 13.8 Å². The van der Waals surface area contributed by atoms with Gasteiger partial charge in [0, 0.05) is 17.3 Å². The summed E-state index contributed by atoms with van der Waals surface area (Å²) in [6.45, 7) is 10.00. The number of halogens is 1. The largest absolute Gasteiger partial charge is 0.458 e. The summed E-state index contributed by atoms with van der Waals surface area (Å²) in [5, 5.41) is 10.8. The molecule has 6 nitrogen and oxygen atoms in total. The van der Waals surface area contributed by atoms with E-state index < -0.39 is 17.7 Å². The van der Waals surface area contributed by atoms with Gasteiger partial charge < -0.3 is 14.4 Å². The lowest BCUT2D eigenvalue weighted by Crippen LogP contribution is -2.45. The van der Waals surface area contributed by atoms with Gasteiger partial charge in [0.1, 0.15) is 12.8 Å². The number of carbonyl (C=O) groups is 1. The van der Waals surface area contributed by atoms with Gasteiger partial charge in [-0.05, 0) is 53.2 Å². The van der Waals surface area contributed by atoms with Gasteiger partial charge in [0.2, 0.25) is 0 Å². The number of allylic oxidation sites excluding steroid dienone is 2. The first-order valence-electron chi connectivity index (χ1n) is 9.09. The summed E-state index contributed by atoms with van der Waals surface area (Å²) in [5.74, 6) is -0.762. The molecule has 7 heteroatoms. The number of aliphatic hydroxyl groups is 1. The van der Waals surface area contributed by atoms with E-state index in [4.69, 9.17) is 4.74 Å². The Morgan fingerprint density at radius 3 is 2.56 bits per heavy atom. The lowest BCUT2D eigenvalue weighted by atomic mass is 9.85. The number of aliphatic imine (C=N–C) groups is 1. The monoisotopic (exact) mass is 378 g/mol. The molecule has 0 fully saturated rings. The molecule has 0 amide bonds. The highest BCUT2D eigenvalue weighted by atomic mass is 19.1. The Labute approximate surface area is 158 Å². The number of pyridine rings is 1. The van der Waals surface area contributed by atoms with Crippen molar-refractivity contribution in [3.05, 3.63) is 45.0 Å². The molecule has 1 N–H and O–H groups in total. The zero-order valence-corrected chi connectivity index (χ0v) is 16.7. The van der Waals surface area contributed by atoms with Crippen molar-refractivity contribution in [1.29, 1.82) is 0 Å². The molecule has 27 heavy (non-hydrogen) atoms. The van der Waals surface area contributed by atoms with E-state index in [-0.39, 0.29) is 35.8 Å². The van der Waals surface area contributed by atoms with Crippen LogP contribution in [0.1, 0.15) is 70.8 Å². The van der Waals surface area contributed by atoms with Crippen LogP contribution in [0.5, 0.6) is 0 Å². The smallest absolute Gasteiger partial charge is 0.343 e. The molecule has 0 bridgehead atoms. The molecular weight excluding hydrogens is 351 g/mol. The molecule has 0 aromatic carbocycles. The second kappa shape index (κ2) is 7.76. The van der Waals surface area contributed by atoms with Crippen molar-refractivity contribution in [3.63, 3.8) is 0 Å². The minimum absolute atomic E-state index is 0.0812. The van der Waals surface area contributed by atoms with E-state index in [0.29, 0.717) is 17.1 Å². The van der Waals surface area contributed by atoms with Gasteiger partial charge in [-0.15, -0.1) is 0 Å². The summed E-state index contributed by atoms with van der Waals surface area (Å²) in [4.78, 5) is 29.6. The van der Waals surface area contributed by atoms with Gasteiger partial charge in [0.05, 0.1) is 17.0 Å². The van der Waals surface area contributed by atoms with Crippen LogP contribution in [0.3, 0.4) is 0 Å². The van der Waals surface area contributed by atoms with Gasteiger partial charge >= 0.3 is 5.97 Å². The maximum absolute atomic E-state index is 13.2. The number of nitrogens with zero attached hydrogens (tertiary/aromatic N) is 2. The summed E-state index contributed by atoms with van der Waals surface area (Å²) < 4.78 is 19.8. The summed E-state index contributed by atoms with van der Waals surface area (Å²) in [6, 6.07) is 1.45. The Hall–Kier alpha value is -2.28. The van der Waals surface area contributed by atoms with Crippen molar-refractivity contribution in [2.75, 3.05) is 0 Å². The quantitative estimate of drug-likeness (QED) is 0.630. The average molecular weight is 378 g/mol. The molecule has 1 unspecified atom stereocenters. The maximum Gasteiger partial charge on any atom is 0.343 e. The lowest BCUT2D eigenvalue weighted by Gasteiger charge is -2.33. The van der Waals surface area contributed by atoms with Crippen molar-refractivity contribution in [3.8, 4) is 0 Å². The van der Waals surface area contributed by atoms with Crippen LogP contribution in [-0.4, -0.2) is 27.5 Å². The minimum atomic E-state index is -1.86. The predicted octanol–water partition coefficient (Wildman–Crippen LogP) is 3.15. The third-order valence-corrected chi connectivity index (χ3v) is 4.69. The van der Waals surface area contributed by atoms with Crippen LogP contribution in [0.25, 0.3) is 0 Å². The third-order valence-electron chi connectivity index (χ3n) is 4.69. The van der Waals surface area contributed by atoms with Crippen LogP contribution >= 0.6 is 0 Å². The zero-order valence-electron chi connectivity index (χ0n) is 16.7. The Balaban J connectivity index is 2.79. The average Bonchev–Trinajstić information content (AvgIpc) is 2.56.